The van der Waals surface area contributed by atoms with Gasteiger partial charge >= 0.3 is 23.9 Å². The summed E-state index contributed by atoms with van der Waals surface area (Å²) in [6, 6.07) is 0. The minimum Gasteiger partial charge on any atom is -0.478 e. The van der Waals surface area contributed by atoms with Gasteiger partial charge in [-0.25, -0.2) is 19.2 Å². The van der Waals surface area contributed by atoms with Crippen molar-refractivity contribution in [2.24, 2.45) is 5.73 Å². The van der Waals surface area contributed by atoms with Crippen LogP contribution in [-0.4, -0.2) is 68.1 Å². The first kappa shape index (κ1) is 36.6. The fraction of sp³-hybridized carbons (Fsp3) is 0.368. The quantitative estimate of drug-likeness (QED) is 0.322. The van der Waals surface area contributed by atoms with Gasteiger partial charge in [0, 0.05) is 30.3 Å². The van der Waals surface area contributed by atoms with Crippen LogP contribution in [0.2, 0.25) is 0 Å². The zero-order valence-electron chi connectivity index (χ0n) is 17.5. The number of aliphatic hydroxyl groups excluding tert-OH is 1. The first-order valence-electron chi connectivity index (χ1n) is 7.88. The fourth-order valence-electron chi connectivity index (χ4n) is 0.459. The van der Waals surface area contributed by atoms with E-state index in [4.69, 9.17) is 15.9 Å². The van der Waals surface area contributed by atoms with E-state index < -0.39 is 11.9 Å². The largest absolute Gasteiger partial charge is 0.478 e. The summed E-state index contributed by atoms with van der Waals surface area (Å²) in [5, 5.41) is 15.4. The third-order valence-corrected chi connectivity index (χ3v) is 1.66. The van der Waals surface area contributed by atoms with Crippen LogP contribution in [0.5, 0.6) is 0 Å². The third kappa shape index (κ3) is 58.9. The number of ether oxygens (including phenoxy) is 3. The standard InChI is InChI=1S/2C5H8O2.C4H6O2.C3H4O2.C2H7NO/c1-4(2)5(6)7-3;1-3-5(6)7-4-2;1-3-4(5)6-2;1-2-3(4)5;3-1-2-4/h1H2,2-3H3;3H,1,4H2,2H3;3H,1H2,2H3;2H,1H2,(H,4,5);4H,1-3H2. The second-order valence-electron chi connectivity index (χ2n) is 4.01. The fourth-order valence-corrected chi connectivity index (χ4v) is 0.459. The van der Waals surface area contributed by atoms with Crippen molar-refractivity contribution in [2.45, 2.75) is 13.8 Å². The summed E-state index contributed by atoms with van der Waals surface area (Å²) in [6.45, 7) is 16.9. The molecular weight excluding hydrogens is 386 g/mol. The molecule has 4 N–H and O–H groups in total. The van der Waals surface area contributed by atoms with E-state index in [1.54, 1.807) is 13.8 Å². The number of rotatable bonds is 6. The summed E-state index contributed by atoms with van der Waals surface area (Å²) >= 11 is 0. The van der Waals surface area contributed by atoms with Gasteiger partial charge in [-0.15, -0.1) is 0 Å². The van der Waals surface area contributed by atoms with Crippen molar-refractivity contribution in [1.82, 2.24) is 0 Å². The second-order valence-corrected chi connectivity index (χ2v) is 4.01. The maximum Gasteiger partial charge on any atom is 0.332 e. The smallest absolute Gasteiger partial charge is 0.332 e. The summed E-state index contributed by atoms with van der Waals surface area (Å²) in [5.41, 5.74) is 5.21. The van der Waals surface area contributed by atoms with E-state index >= 15 is 0 Å². The summed E-state index contributed by atoms with van der Waals surface area (Å²) in [7, 11) is 2.64. The summed E-state index contributed by atoms with van der Waals surface area (Å²) in [4.78, 5) is 39.4. The molecule has 0 aromatic heterocycles. The Kier molecular flexibility index (Phi) is 41.0. The third-order valence-electron chi connectivity index (χ3n) is 1.66. The summed E-state index contributed by atoms with van der Waals surface area (Å²) in [5.74, 6) is -2.08. The normalized spacial score (nSPS) is 7.24. The van der Waals surface area contributed by atoms with E-state index in [0.717, 1.165) is 18.2 Å². The highest BCUT2D eigenvalue weighted by Crippen LogP contribution is 1.87. The van der Waals surface area contributed by atoms with Crippen LogP contribution in [0.25, 0.3) is 0 Å². The van der Waals surface area contributed by atoms with Gasteiger partial charge in [-0.1, -0.05) is 26.3 Å². The van der Waals surface area contributed by atoms with Gasteiger partial charge in [0.05, 0.1) is 27.4 Å². The lowest BCUT2D eigenvalue weighted by molar-refractivity contribution is -0.137. The van der Waals surface area contributed by atoms with Crippen LogP contribution in [0.3, 0.4) is 0 Å². The molecule has 0 aliphatic heterocycles. The first-order valence-corrected chi connectivity index (χ1v) is 7.88. The van der Waals surface area contributed by atoms with Gasteiger partial charge in [-0.05, 0) is 13.8 Å². The number of aliphatic carboxylic acids is 1. The van der Waals surface area contributed by atoms with Crippen LogP contribution >= 0.6 is 0 Å². The van der Waals surface area contributed by atoms with Gasteiger partial charge in [-0.3, -0.25) is 0 Å². The molecule has 29 heavy (non-hydrogen) atoms. The van der Waals surface area contributed by atoms with Crippen molar-refractivity contribution in [2.75, 3.05) is 34.0 Å². The van der Waals surface area contributed by atoms with Gasteiger partial charge in [0.1, 0.15) is 0 Å². The number of esters is 3. The molecule has 10 nitrogen and oxygen atoms in total. The van der Waals surface area contributed by atoms with Gasteiger partial charge < -0.3 is 30.2 Å². The average Bonchev–Trinajstić information content (AvgIpc) is 2.73. The molecule has 0 aliphatic carbocycles. The van der Waals surface area contributed by atoms with Crippen LogP contribution < -0.4 is 5.73 Å². The number of carbonyl (C=O) groups excluding carboxylic acids is 3. The molecule has 0 saturated heterocycles. The highest BCUT2D eigenvalue weighted by molar-refractivity contribution is 5.86. The second kappa shape index (κ2) is 32.4. The Hall–Kier alpha value is -3.24. The molecule has 0 radical (unpaired) electrons. The molecule has 0 amide bonds. The highest BCUT2D eigenvalue weighted by atomic mass is 16.5. The number of aliphatic hydroxyl groups is 1. The highest BCUT2D eigenvalue weighted by Gasteiger charge is 1.95. The number of carbonyl (C=O) groups is 4. The van der Waals surface area contributed by atoms with Crippen LogP contribution in [0, 0.1) is 0 Å². The predicted octanol–water partition coefficient (Wildman–Crippen LogP) is 1.01. The molecule has 0 saturated carbocycles. The number of carboxylic acid groups (broad SMARTS) is 1. The van der Waals surface area contributed by atoms with Crippen molar-refractivity contribution in [3.8, 4) is 0 Å². The van der Waals surface area contributed by atoms with E-state index in [0.29, 0.717) is 18.7 Å². The maximum atomic E-state index is 10.2. The van der Waals surface area contributed by atoms with E-state index in [2.05, 4.69) is 40.5 Å². The zero-order chi connectivity index (χ0) is 24.3. The lowest BCUT2D eigenvalue weighted by Crippen LogP contribution is -2.02. The molecule has 0 spiro atoms. The van der Waals surface area contributed by atoms with Crippen molar-refractivity contribution in [1.29, 1.82) is 0 Å². The lowest BCUT2D eigenvalue weighted by atomic mass is 10.4. The Labute approximate surface area is 171 Å². The number of methoxy groups -OCH3 is 2. The lowest BCUT2D eigenvalue weighted by Gasteiger charge is -1.91. The van der Waals surface area contributed by atoms with Crippen molar-refractivity contribution >= 4 is 23.9 Å². The van der Waals surface area contributed by atoms with Gasteiger partial charge in [0.25, 0.3) is 0 Å². The topological polar surface area (TPSA) is 162 Å². The van der Waals surface area contributed by atoms with Crippen molar-refractivity contribution in [3.63, 3.8) is 0 Å². The molecule has 0 rings (SSSR count). The molecular formula is C19H33NO9. The van der Waals surface area contributed by atoms with Crippen LogP contribution in [0.15, 0.2) is 50.1 Å². The van der Waals surface area contributed by atoms with Gasteiger partial charge in [0.2, 0.25) is 0 Å². The van der Waals surface area contributed by atoms with E-state index in [9.17, 15) is 19.2 Å². The minimum atomic E-state index is -0.981. The molecule has 0 fully saturated rings. The number of hydrogen-bond acceptors (Lipinski definition) is 9. The van der Waals surface area contributed by atoms with Gasteiger partial charge in [-0.2, -0.15) is 0 Å². The molecule has 0 aromatic carbocycles. The molecule has 0 aromatic rings. The molecule has 0 heterocycles. The van der Waals surface area contributed by atoms with Gasteiger partial charge in [0.15, 0.2) is 0 Å². The SMILES string of the molecule is C=C(C)C(=O)OC.C=CC(=O)O.C=CC(=O)OC.C=CC(=O)OCC.NCCO. The number of hydrogen-bond donors (Lipinski definition) is 3. The Morgan fingerprint density at radius 2 is 1.34 bits per heavy atom. The monoisotopic (exact) mass is 419 g/mol. The number of nitrogens with two attached hydrogens (primary N) is 1. The molecule has 168 valence electrons. The van der Waals surface area contributed by atoms with E-state index in [1.165, 1.54) is 14.2 Å². The minimum absolute atomic E-state index is 0.0972. The predicted molar refractivity (Wildman–Crippen MR) is 110 cm³/mol. The Morgan fingerprint density at radius 1 is 0.966 bits per heavy atom. The van der Waals surface area contributed by atoms with Crippen LogP contribution in [0.1, 0.15) is 13.8 Å². The molecule has 0 bridgehead atoms. The zero-order valence-corrected chi connectivity index (χ0v) is 17.5. The number of carboxylic acids is 1. The summed E-state index contributed by atoms with van der Waals surface area (Å²) in [6.07, 6.45) is 3.09. The molecule has 10 heteroatoms. The first-order chi connectivity index (χ1) is 13.5. The van der Waals surface area contributed by atoms with E-state index in [1.807, 2.05) is 0 Å². The average molecular weight is 419 g/mol. The Morgan fingerprint density at radius 3 is 1.38 bits per heavy atom. The maximum absolute atomic E-state index is 10.2. The van der Waals surface area contributed by atoms with Crippen LogP contribution in [-0.2, 0) is 33.4 Å². The molecule has 0 unspecified atom stereocenters. The van der Waals surface area contributed by atoms with E-state index in [-0.39, 0.29) is 18.5 Å². The Balaban J connectivity index is -0.0000000840. The molecule has 0 aliphatic rings. The van der Waals surface area contributed by atoms with Crippen molar-refractivity contribution in [3.05, 3.63) is 50.1 Å². The van der Waals surface area contributed by atoms with Crippen molar-refractivity contribution < 1.29 is 43.6 Å². The Bertz CT molecular complexity index is 496. The summed E-state index contributed by atoms with van der Waals surface area (Å²) < 4.78 is 12.8. The van der Waals surface area contributed by atoms with Crippen LogP contribution in [0.4, 0.5) is 0 Å². The molecule has 0 atom stereocenters.